The lowest BCUT2D eigenvalue weighted by Gasteiger charge is -2.20. The van der Waals surface area contributed by atoms with Gasteiger partial charge in [0.15, 0.2) is 5.82 Å². The van der Waals surface area contributed by atoms with E-state index in [1.54, 1.807) is 19.1 Å². The van der Waals surface area contributed by atoms with E-state index in [0.29, 0.717) is 36.0 Å². The van der Waals surface area contributed by atoms with E-state index in [2.05, 4.69) is 15.0 Å². The van der Waals surface area contributed by atoms with Crippen LogP contribution in [0.5, 0.6) is 5.88 Å². The largest absolute Gasteiger partial charge is 0.469 e. The fraction of sp³-hybridized carbons (Fsp3) is 0.400. The molecule has 0 bridgehead atoms. The number of carbonyl (C=O) groups is 1. The number of aromatic nitrogens is 3. The number of halogens is 2. The van der Waals surface area contributed by atoms with E-state index in [1.165, 1.54) is 6.20 Å². The van der Waals surface area contributed by atoms with Gasteiger partial charge in [-0.05, 0) is 49.8 Å². The minimum atomic E-state index is -0.630. The topological polar surface area (TPSA) is 74.2 Å². The van der Waals surface area contributed by atoms with Crippen molar-refractivity contribution in [2.75, 3.05) is 6.61 Å². The SMILES string of the molecule is CCOC(=O)CC1CC=C(c2ncc(F)c(OCc3ccc(Cl)cn3)n2)CC1. The van der Waals surface area contributed by atoms with E-state index in [4.69, 9.17) is 21.1 Å². The van der Waals surface area contributed by atoms with Crippen LogP contribution in [0.3, 0.4) is 0 Å². The molecule has 0 aliphatic heterocycles. The van der Waals surface area contributed by atoms with Gasteiger partial charge in [0.05, 0.1) is 23.5 Å². The van der Waals surface area contributed by atoms with Crippen LogP contribution in [0.15, 0.2) is 30.6 Å². The summed E-state index contributed by atoms with van der Waals surface area (Å²) in [6.07, 6.45) is 7.31. The maximum atomic E-state index is 14.0. The number of nitrogens with zero attached hydrogens (tertiary/aromatic N) is 3. The molecule has 0 saturated heterocycles. The van der Waals surface area contributed by atoms with Crippen molar-refractivity contribution >= 4 is 23.1 Å². The second-order valence-corrected chi connectivity index (χ2v) is 6.92. The summed E-state index contributed by atoms with van der Waals surface area (Å²) in [4.78, 5) is 24.0. The molecule has 2 heterocycles. The van der Waals surface area contributed by atoms with Crippen LogP contribution in [0.4, 0.5) is 4.39 Å². The Morgan fingerprint density at radius 3 is 2.86 bits per heavy atom. The Labute approximate surface area is 167 Å². The zero-order valence-corrected chi connectivity index (χ0v) is 16.3. The molecule has 2 aromatic rings. The number of allylic oxidation sites excluding steroid dienone is 2. The molecule has 0 amide bonds. The quantitative estimate of drug-likeness (QED) is 0.636. The van der Waals surface area contributed by atoms with E-state index in [-0.39, 0.29) is 24.4 Å². The summed E-state index contributed by atoms with van der Waals surface area (Å²) >= 11 is 5.80. The van der Waals surface area contributed by atoms with Gasteiger partial charge >= 0.3 is 5.97 Å². The monoisotopic (exact) mass is 405 g/mol. The maximum absolute atomic E-state index is 14.0. The highest BCUT2D eigenvalue weighted by molar-refractivity contribution is 6.30. The van der Waals surface area contributed by atoms with Gasteiger partial charge in [-0.2, -0.15) is 9.37 Å². The van der Waals surface area contributed by atoms with Crippen molar-refractivity contribution in [2.45, 2.75) is 39.2 Å². The van der Waals surface area contributed by atoms with Crippen LogP contribution >= 0.6 is 11.6 Å². The Morgan fingerprint density at radius 2 is 2.18 bits per heavy atom. The van der Waals surface area contributed by atoms with Gasteiger partial charge in [0.25, 0.3) is 5.88 Å². The molecule has 0 radical (unpaired) electrons. The molecule has 6 nitrogen and oxygen atoms in total. The van der Waals surface area contributed by atoms with Gasteiger partial charge < -0.3 is 9.47 Å². The summed E-state index contributed by atoms with van der Waals surface area (Å²) < 4.78 is 24.5. The molecule has 28 heavy (non-hydrogen) atoms. The molecule has 0 N–H and O–H groups in total. The van der Waals surface area contributed by atoms with Gasteiger partial charge in [0.2, 0.25) is 5.82 Å². The van der Waals surface area contributed by atoms with Crippen LogP contribution < -0.4 is 4.74 Å². The smallest absolute Gasteiger partial charge is 0.306 e. The standard InChI is InChI=1S/C20H21ClFN3O3/c1-2-27-18(26)9-13-3-5-14(6-4-13)19-24-11-17(22)20(25-19)28-12-16-8-7-15(21)10-23-16/h5,7-8,10-11,13H,2-4,6,9,12H2,1H3. The first kappa shape index (κ1) is 20.2. The number of pyridine rings is 1. The Kier molecular flexibility index (Phi) is 6.92. The first-order valence-corrected chi connectivity index (χ1v) is 9.53. The molecule has 0 fully saturated rings. The summed E-state index contributed by atoms with van der Waals surface area (Å²) in [6.45, 7) is 2.26. The number of rotatable bonds is 7. The minimum Gasteiger partial charge on any atom is -0.469 e. The summed E-state index contributed by atoms with van der Waals surface area (Å²) in [7, 11) is 0. The zero-order valence-electron chi connectivity index (χ0n) is 15.5. The van der Waals surface area contributed by atoms with E-state index >= 15 is 0 Å². The molecule has 148 valence electrons. The van der Waals surface area contributed by atoms with Gasteiger partial charge in [-0.3, -0.25) is 9.78 Å². The van der Waals surface area contributed by atoms with Crippen LogP contribution in [-0.2, 0) is 16.1 Å². The number of carbonyl (C=O) groups excluding carboxylic acids is 1. The van der Waals surface area contributed by atoms with Crippen LogP contribution in [-0.4, -0.2) is 27.5 Å². The average molecular weight is 406 g/mol. The highest BCUT2D eigenvalue weighted by atomic mass is 35.5. The number of hydrogen-bond acceptors (Lipinski definition) is 6. The minimum absolute atomic E-state index is 0.0746. The fourth-order valence-corrected chi connectivity index (χ4v) is 3.09. The third-order valence-electron chi connectivity index (χ3n) is 4.42. The lowest BCUT2D eigenvalue weighted by molar-refractivity contribution is -0.144. The second kappa shape index (κ2) is 9.59. The van der Waals surface area contributed by atoms with Crippen molar-refractivity contribution in [3.63, 3.8) is 0 Å². The van der Waals surface area contributed by atoms with Crippen molar-refractivity contribution in [3.05, 3.63) is 53.0 Å². The van der Waals surface area contributed by atoms with Crippen molar-refractivity contribution in [3.8, 4) is 5.88 Å². The number of ether oxygens (including phenoxy) is 2. The summed E-state index contributed by atoms with van der Waals surface area (Å²) in [5.74, 6) is -0.232. The molecule has 1 atom stereocenters. The fourth-order valence-electron chi connectivity index (χ4n) is 2.97. The zero-order chi connectivity index (χ0) is 19.9. The first-order chi connectivity index (χ1) is 13.5. The highest BCUT2D eigenvalue weighted by Crippen LogP contribution is 2.31. The molecule has 1 aliphatic rings. The van der Waals surface area contributed by atoms with Crippen molar-refractivity contribution in [1.82, 2.24) is 15.0 Å². The Balaban J connectivity index is 1.63. The van der Waals surface area contributed by atoms with Crippen molar-refractivity contribution in [1.29, 1.82) is 0 Å². The molecule has 0 spiro atoms. The van der Waals surface area contributed by atoms with E-state index < -0.39 is 5.82 Å². The lowest BCUT2D eigenvalue weighted by Crippen LogP contribution is -2.14. The van der Waals surface area contributed by atoms with E-state index in [1.807, 2.05) is 6.08 Å². The van der Waals surface area contributed by atoms with E-state index in [0.717, 1.165) is 24.6 Å². The summed E-state index contributed by atoms with van der Waals surface area (Å²) in [5.41, 5.74) is 1.54. The third-order valence-corrected chi connectivity index (χ3v) is 4.65. The van der Waals surface area contributed by atoms with Gasteiger partial charge in [-0.15, -0.1) is 0 Å². The van der Waals surface area contributed by atoms with Crippen LogP contribution in [0, 0.1) is 11.7 Å². The molecule has 0 saturated carbocycles. The molecule has 0 aromatic carbocycles. The van der Waals surface area contributed by atoms with Gasteiger partial charge in [-0.1, -0.05) is 17.7 Å². The van der Waals surface area contributed by atoms with E-state index in [9.17, 15) is 9.18 Å². The normalized spacial score (nSPS) is 16.4. The van der Waals surface area contributed by atoms with Crippen LogP contribution in [0.2, 0.25) is 5.02 Å². The van der Waals surface area contributed by atoms with Crippen molar-refractivity contribution in [2.24, 2.45) is 5.92 Å². The average Bonchev–Trinajstić information content (AvgIpc) is 2.69. The predicted octanol–water partition coefficient (Wildman–Crippen LogP) is 4.38. The summed E-state index contributed by atoms with van der Waals surface area (Å²) in [6, 6.07) is 3.39. The molecule has 3 rings (SSSR count). The Morgan fingerprint density at radius 1 is 1.32 bits per heavy atom. The Bertz CT molecular complexity index is 858. The highest BCUT2D eigenvalue weighted by Gasteiger charge is 2.21. The number of esters is 1. The molecular weight excluding hydrogens is 385 g/mol. The molecule has 1 aliphatic carbocycles. The van der Waals surface area contributed by atoms with Gasteiger partial charge in [-0.25, -0.2) is 4.98 Å². The molecular formula is C20H21ClFN3O3. The molecule has 1 unspecified atom stereocenters. The third kappa shape index (κ3) is 5.48. The second-order valence-electron chi connectivity index (χ2n) is 6.48. The summed E-state index contributed by atoms with van der Waals surface area (Å²) in [5, 5.41) is 0.518. The maximum Gasteiger partial charge on any atom is 0.306 e. The number of hydrogen-bond donors (Lipinski definition) is 0. The first-order valence-electron chi connectivity index (χ1n) is 9.16. The van der Waals surface area contributed by atoms with Gasteiger partial charge in [0.1, 0.15) is 6.61 Å². The van der Waals surface area contributed by atoms with Crippen LogP contribution in [0.25, 0.3) is 5.57 Å². The molecule has 2 aromatic heterocycles. The van der Waals surface area contributed by atoms with Crippen molar-refractivity contribution < 1.29 is 18.7 Å². The Hall–Kier alpha value is -2.54. The predicted molar refractivity (Wildman–Crippen MR) is 102 cm³/mol. The lowest BCUT2D eigenvalue weighted by atomic mass is 9.87. The van der Waals surface area contributed by atoms with Gasteiger partial charge in [0, 0.05) is 12.6 Å². The van der Waals surface area contributed by atoms with Crippen LogP contribution in [0.1, 0.15) is 44.1 Å². The molecule has 8 heteroatoms.